The maximum absolute atomic E-state index is 11.7. The van der Waals surface area contributed by atoms with Crippen LogP contribution in [0.3, 0.4) is 0 Å². The highest BCUT2D eigenvalue weighted by Crippen LogP contribution is 2.29. The average Bonchev–Trinajstić information content (AvgIpc) is 2.40. The number of benzene rings is 1. The Bertz CT molecular complexity index is 560. The predicted molar refractivity (Wildman–Crippen MR) is 88.7 cm³/mol. The quantitative estimate of drug-likeness (QED) is 0.642. The number of aliphatic hydroxyl groups is 1. The molecular formula is C17H26N2O4. The highest BCUT2D eigenvalue weighted by atomic mass is 16.6. The summed E-state index contributed by atoms with van der Waals surface area (Å²) >= 11 is 0. The molecule has 0 bridgehead atoms. The number of hydrogen-bond acceptors (Lipinski definition) is 5. The van der Waals surface area contributed by atoms with Crippen molar-refractivity contribution < 1.29 is 19.7 Å². The molecule has 6 heteroatoms. The van der Waals surface area contributed by atoms with Gasteiger partial charge < -0.3 is 20.3 Å². The molecule has 1 aliphatic heterocycles. The molecule has 128 valence electrons. The molecule has 23 heavy (non-hydrogen) atoms. The molecule has 2 rings (SSSR count). The Balaban J connectivity index is 2.01. The molecule has 0 aliphatic carbocycles. The van der Waals surface area contributed by atoms with Crippen LogP contribution < -0.4 is 10.6 Å². The first kappa shape index (κ1) is 17.6. The van der Waals surface area contributed by atoms with Crippen molar-refractivity contribution in [3.8, 4) is 5.75 Å². The van der Waals surface area contributed by atoms with E-state index >= 15 is 0 Å². The largest absolute Gasteiger partial charge is 0.506 e. The van der Waals surface area contributed by atoms with Gasteiger partial charge in [0.15, 0.2) is 0 Å². The van der Waals surface area contributed by atoms with Crippen molar-refractivity contribution in [1.29, 1.82) is 0 Å². The third-order valence-corrected chi connectivity index (χ3v) is 3.77. The molecule has 4 N–H and O–H groups in total. The van der Waals surface area contributed by atoms with Gasteiger partial charge in [-0.15, -0.1) is 0 Å². The molecule has 1 aromatic rings. The minimum absolute atomic E-state index is 0.0362. The van der Waals surface area contributed by atoms with Gasteiger partial charge in [-0.1, -0.05) is 6.07 Å². The number of nitrogens with one attached hydrogen (secondary N) is 2. The van der Waals surface area contributed by atoms with Crippen LogP contribution in [0.5, 0.6) is 5.75 Å². The molecular weight excluding hydrogens is 296 g/mol. The number of amides is 1. The lowest BCUT2D eigenvalue weighted by molar-refractivity contribution is 0.0108. The molecule has 1 saturated heterocycles. The Morgan fingerprint density at radius 1 is 1.35 bits per heavy atom. The number of phenolic OH excluding ortho intramolecular Hbond substituents is 1. The van der Waals surface area contributed by atoms with Crippen molar-refractivity contribution in [2.24, 2.45) is 0 Å². The average molecular weight is 322 g/mol. The summed E-state index contributed by atoms with van der Waals surface area (Å²) < 4.78 is 5.16. The Kier molecular flexibility index (Phi) is 5.16. The van der Waals surface area contributed by atoms with Crippen LogP contribution in [-0.2, 0) is 11.2 Å². The second-order valence-electron chi connectivity index (χ2n) is 7.13. The maximum atomic E-state index is 11.7. The topological polar surface area (TPSA) is 90.8 Å². The first-order chi connectivity index (χ1) is 10.7. The van der Waals surface area contributed by atoms with Gasteiger partial charge in [0.25, 0.3) is 0 Å². The number of piperidine rings is 1. The number of ether oxygens (including phenoxy) is 1. The third kappa shape index (κ3) is 5.41. The van der Waals surface area contributed by atoms with Crippen LogP contribution in [-0.4, -0.2) is 40.6 Å². The molecule has 0 unspecified atom stereocenters. The summed E-state index contributed by atoms with van der Waals surface area (Å²) in [6.45, 7) is 6.90. The number of rotatable bonds is 3. The van der Waals surface area contributed by atoms with Crippen molar-refractivity contribution >= 4 is 11.8 Å². The maximum Gasteiger partial charge on any atom is 0.412 e. The van der Waals surface area contributed by atoms with E-state index in [1.165, 1.54) is 0 Å². The number of aromatic hydroxyl groups is 1. The zero-order chi connectivity index (χ0) is 17.1. The fourth-order valence-electron chi connectivity index (χ4n) is 2.66. The van der Waals surface area contributed by atoms with Crippen LogP contribution in [0.15, 0.2) is 18.2 Å². The third-order valence-electron chi connectivity index (χ3n) is 3.77. The lowest BCUT2D eigenvalue weighted by Gasteiger charge is -2.32. The lowest BCUT2D eigenvalue weighted by Crippen LogP contribution is -2.43. The van der Waals surface area contributed by atoms with Gasteiger partial charge in [-0.2, -0.15) is 0 Å². The van der Waals surface area contributed by atoms with E-state index in [2.05, 4.69) is 10.6 Å². The van der Waals surface area contributed by atoms with Crippen molar-refractivity contribution in [3.05, 3.63) is 23.8 Å². The molecule has 6 nitrogen and oxygen atoms in total. The lowest BCUT2D eigenvalue weighted by atomic mass is 9.86. The number of phenols is 1. The molecule has 1 amide bonds. The number of carbonyl (C=O) groups excluding carboxylic acids is 1. The normalized spacial score (nSPS) is 17.6. The summed E-state index contributed by atoms with van der Waals surface area (Å²) in [5.41, 5.74) is -0.211. The standard InChI is InChI=1S/C17H26N2O4/c1-16(2,3)23-15(21)19-13-5-4-12(10-14(13)20)11-17(22)6-8-18-9-7-17/h4-5,10,18,20,22H,6-9,11H2,1-3H3,(H,19,21). The highest BCUT2D eigenvalue weighted by molar-refractivity contribution is 5.86. The number of carbonyl (C=O) groups is 1. The van der Waals surface area contributed by atoms with Crippen LogP contribution >= 0.6 is 0 Å². The summed E-state index contributed by atoms with van der Waals surface area (Å²) in [7, 11) is 0. The van der Waals surface area contributed by atoms with Gasteiger partial charge in [-0.3, -0.25) is 5.32 Å². The highest BCUT2D eigenvalue weighted by Gasteiger charge is 2.29. The molecule has 0 saturated carbocycles. The van der Waals surface area contributed by atoms with Crippen molar-refractivity contribution in [1.82, 2.24) is 5.32 Å². The Morgan fingerprint density at radius 3 is 2.57 bits per heavy atom. The van der Waals surface area contributed by atoms with Gasteiger partial charge in [-0.25, -0.2) is 4.79 Å². The molecule has 1 heterocycles. The van der Waals surface area contributed by atoms with Gasteiger partial charge in [-0.05, 0) is 64.4 Å². The van der Waals surface area contributed by atoms with Crippen LogP contribution in [0.1, 0.15) is 39.2 Å². The molecule has 0 radical (unpaired) electrons. The predicted octanol–water partition coefficient (Wildman–Crippen LogP) is 2.40. The van der Waals surface area contributed by atoms with Crippen LogP contribution in [0.25, 0.3) is 0 Å². The van der Waals surface area contributed by atoms with E-state index in [4.69, 9.17) is 4.74 Å². The Labute approximate surface area is 136 Å². The van der Waals surface area contributed by atoms with E-state index in [0.717, 1.165) is 18.7 Å². The monoisotopic (exact) mass is 322 g/mol. The van der Waals surface area contributed by atoms with Gasteiger partial charge in [0.1, 0.15) is 11.4 Å². The fourth-order valence-corrected chi connectivity index (χ4v) is 2.66. The molecule has 0 atom stereocenters. The van der Waals surface area contributed by atoms with E-state index in [0.29, 0.717) is 24.9 Å². The summed E-state index contributed by atoms with van der Waals surface area (Å²) in [6, 6.07) is 5.00. The first-order valence-corrected chi connectivity index (χ1v) is 7.92. The van der Waals surface area contributed by atoms with Crippen molar-refractivity contribution in [2.75, 3.05) is 18.4 Å². The zero-order valence-electron chi connectivity index (χ0n) is 14.0. The minimum atomic E-state index is -0.738. The van der Waals surface area contributed by atoms with Crippen LogP contribution in [0, 0.1) is 0 Å². The summed E-state index contributed by atoms with van der Waals surface area (Å²) in [5.74, 6) is -0.0362. The second-order valence-corrected chi connectivity index (χ2v) is 7.13. The van der Waals surface area contributed by atoms with E-state index in [-0.39, 0.29) is 5.75 Å². The number of anilines is 1. The van der Waals surface area contributed by atoms with Crippen LogP contribution in [0.2, 0.25) is 0 Å². The zero-order valence-corrected chi connectivity index (χ0v) is 14.0. The SMILES string of the molecule is CC(C)(C)OC(=O)Nc1ccc(CC2(O)CCNCC2)cc1O. The fraction of sp³-hybridized carbons (Fsp3) is 0.588. The summed E-state index contributed by atoms with van der Waals surface area (Å²) in [4.78, 5) is 11.7. The second kappa shape index (κ2) is 6.76. The van der Waals surface area contributed by atoms with E-state index < -0.39 is 17.3 Å². The first-order valence-electron chi connectivity index (χ1n) is 7.92. The Hall–Kier alpha value is -1.79. The smallest absolute Gasteiger partial charge is 0.412 e. The van der Waals surface area contributed by atoms with Gasteiger partial charge in [0, 0.05) is 6.42 Å². The van der Waals surface area contributed by atoms with E-state index in [1.807, 2.05) is 0 Å². The summed E-state index contributed by atoms with van der Waals surface area (Å²) in [6.07, 6.45) is 1.24. The summed E-state index contributed by atoms with van der Waals surface area (Å²) in [5, 5.41) is 26.4. The molecule has 1 aliphatic rings. The van der Waals surface area contributed by atoms with Crippen molar-refractivity contribution in [3.63, 3.8) is 0 Å². The molecule has 0 aromatic heterocycles. The molecule has 1 aromatic carbocycles. The van der Waals surface area contributed by atoms with E-state index in [1.54, 1.807) is 39.0 Å². The van der Waals surface area contributed by atoms with Crippen molar-refractivity contribution in [2.45, 2.75) is 51.2 Å². The Morgan fingerprint density at radius 2 is 2.00 bits per heavy atom. The molecule has 0 spiro atoms. The minimum Gasteiger partial charge on any atom is -0.506 e. The van der Waals surface area contributed by atoms with Gasteiger partial charge in [0.05, 0.1) is 11.3 Å². The van der Waals surface area contributed by atoms with E-state index in [9.17, 15) is 15.0 Å². The van der Waals surface area contributed by atoms with Gasteiger partial charge in [0.2, 0.25) is 0 Å². The number of hydrogen-bond donors (Lipinski definition) is 4. The van der Waals surface area contributed by atoms with Crippen LogP contribution in [0.4, 0.5) is 10.5 Å². The molecule has 1 fully saturated rings. The van der Waals surface area contributed by atoms with Gasteiger partial charge >= 0.3 is 6.09 Å².